The molecule has 1 unspecified atom stereocenters. The van der Waals surface area contributed by atoms with Crippen molar-refractivity contribution in [3.63, 3.8) is 0 Å². The molecule has 0 saturated carbocycles. The molecule has 1 aliphatic rings. The van der Waals surface area contributed by atoms with Crippen molar-refractivity contribution in [1.82, 2.24) is 3.30 Å². The Labute approximate surface area is 60.8 Å². The van der Waals surface area contributed by atoms with E-state index in [4.69, 9.17) is 4.74 Å². The summed E-state index contributed by atoms with van der Waals surface area (Å²) >= 11 is -0.403. The maximum atomic E-state index is 5.31. The van der Waals surface area contributed by atoms with Crippen molar-refractivity contribution in [1.29, 1.82) is 0 Å². The van der Waals surface area contributed by atoms with Gasteiger partial charge in [-0.15, -0.1) is 0 Å². The average Bonchev–Trinajstić information content (AvgIpc) is 2.19. The van der Waals surface area contributed by atoms with Crippen LogP contribution in [-0.2, 0) is 4.74 Å². The van der Waals surface area contributed by atoms with Gasteiger partial charge in [-0.25, -0.2) is 0 Å². The molecular weight excluding hydrogens is 205 g/mol. The summed E-state index contributed by atoms with van der Waals surface area (Å²) in [6.07, 6.45) is 1.54. The summed E-state index contributed by atoms with van der Waals surface area (Å²) in [4.78, 5) is 0. The zero-order valence-electron chi connectivity index (χ0n) is 5.05. The molecule has 3 heteroatoms. The van der Waals surface area contributed by atoms with Crippen LogP contribution in [0.3, 0.4) is 0 Å². The molecule has 1 heterocycles. The van der Waals surface area contributed by atoms with Crippen molar-refractivity contribution >= 4 is 26.5 Å². The second kappa shape index (κ2) is 3.51. The van der Waals surface area contributed by atoms with E-state index in [2.05, 4.69) is 7.06 Å². The molecule has 0 saturated heterocycles. The van der Waals surface area contributed by atoms with Crippen LogP contribution in [0.25, 0.3) is 0 Å². The Hall–Kier alpha value is 0.500. The molecule has 0 aromatic carbocycles. The minimum absolute atomic E-state index is 0.390. The van der Waals surface area contributed by atoms with Gasteiger partial charge in [0, 0.05) is 0 Å². The van der Waals surface area contributed by atoms with Crippen LogP contribution in [0.15, 0.2) is 0 Å². The van der Waals surface area contributed by atoms with Crippen LogP contribution >= 0.6 is 0 Å². The SMILES string of the molecule is CCOC1C[CH]=[In][NH]1. The van der Waals surface area contributed by atoms with E-state index in [0.29, 0.717) is 6.23 Å². The van der Waals surface area contributed by atoms with E-state index in [1.807, 2.05) is 6.92 Å². The fourth-order valence-electron chi connectivity index (χ4n) is 0.752. The van der Waals surface area contributed by atoms with Crippen molar-refractivity contribution in [2.45, 2.75) is 19.6 Å². The topological polar surface area (TPSA) is 21.3 Å². The summed E-state index contributed by atoms with van der Waals surface area (Å²) in [5.74, 6) is 0. The first kappa shape index (κ1) is 6.62. The van der Waals surface area contributed by atoms with Crippen LogP contribution < -0.4 is 3.30 Å². The zero-order chi connectivity index (χ0) is 5.82. The number of hydrogen-bond acceptors (Lipinski definition) is 2. The molecule has 0 radical (unpaired) electrons. The van der Waals surface area contributed by atoms with Crippen molar-refractivity contribution in [2.75, 3.05) is 6.61 Å². The molecule has 0 aromatic heterocycles. The molecule has 1 rings (SSSR count). The van der Waals surface area contributed by atoms with Gasteiger partial charge in [-0.2, -0.15) is 0 Å². The van der Waals surface area contributed by atoms with Gasteiger partial charge in [-0.05, 0) is 0 Å². The molecule has 1 aliphatic heterocycles. The van der Waals surface area contributed by atoms with Crippen molar-refractivity contribution in [3.8, 4) is 0 Å². The van der Waals surface area contributed by atoms with Gasteiger partial charge in [-0.1, -0.05) is 0 Å². The minimum atomic E-state index is -0.403. The maximum absolute atomic E-state index is 5.31. The Morgan fingerprint density at radius 3 is 3.38 bits per heavy atom. The molecule has 0 aromatic rings. The van der Waals surface area contributed by atoms with Gasteiger partial charge in [0.1, 0.15) is 0 Å². The van der Waals surface area contributed by atoms with Gasteiger partial charge in [0.25, 0.3) is 0 Å². The Bertz CT molecular complexity index is 86.4. The third-order valence-electron chi connectivity index (χ3n) is 1.12. The fourth-order valence-corrected chi connectivity index (χ4v) is 3.51. The molecule has 8 heavy (non-hydrogen) atoms. The molecule has 0 aliphatic carbocycles. The molecule has 2 nitrogen and oxygen atoms in total. The van der Waals surface area contributed by atoms with E-state index < -0.39 is 22.7 Å². The van der Waals surface area contributed by atoms with E-state index in [0.717, 1.165) is 13.0 Å². The van der Waals surface area contributed by atoms with Crippen molar-refractivity contribution < 1.29 is 4.74 Å². The Kier molecular flexibility index (Phi) is 2.90. The van der Waals surface area contributed by atoms with Crippen LogP contribution in [0.2, 0.25) is 0 Å². The van der Waals surface area contributed by atoms with Crippen molar-refractivity contribution in [3.05, 3.63) is 0 Å². The van der Waals surface area contributed by atoms with Gasteiger partial charge in [0.05, 0.1) is 0 Å². The molecule has 0 bridgehead atoms. The third-order valence-corrected chi connectivity index (χ3v) is 4.18. The van der Waals surface area contributed by atoms with Gasteiger partial charge in [-0.3, -0.25) is 0 Å². The van der Waals surface area contributed by atoms with Gasteiger partial charge in [0.15, 0.2) is 0 Å². The Morgan fingerprint density at radius 2 is 2.88 bits per heavy atom. The number of rotatable bonds is 2. The van der Waals surface area contributed by atoms with Gasteiger partial charge < -0.3 is 0 Å². The molecule has 1 atom stereocenters. The predicted molar refractivity (Wildman–Crippen MR) is 35.0 cm³/mol. The summed E-state index contributed by atoms with van der Waals surface area (Å²) in [7, 11) is 0. The second-order valence-corrected chi connectivity index (χ2v) is 5.00. The molecule has 0 amide bonds. The predicted octanol–water partition coefficient (Wildman–Crippen LogP) is -0.236. The third kappa shape index (κ3) is 1.78. The summed E-state index contributed by atoms with van der Waals surface area (Å²) in [5, 5.41) is 0. The fraction of sp³-hybridized carbons (Fsp3) is 0.800. The van der Waals surface area contributed by atoms with Crippen LogP contribution in [0.4, 0.5) is 0 Å². The normalized spacial score (nSPS) is 24.9. The summed E-state index contributed by atoms with van der Waals surface area (Å²) in [6, 6.07) is 0. The summed E-state index contributed by atoms with van der Waals surface area (Å²) in [5.41, 5.74) is 0. The van der Waals surface area contributed by atoms with E-state index in [1.54, 1.807) is 0 Å². The average molecular weight is 215 g/mol. The molecule has 1 N–H and O–H groups in total. The number of hydrogen-bond donors (Lipinski definition) is 1. The van der Waals surface area contributed by atoms with Gasteiger partial charge in [0.2, 0.25) is 0 Å². The van der Waals surface area contributed by atoms with E-state index in [-0.39, 0.29) is 0 Å². The molecule has 44 valence electrons. The quantitative estimate of drug-likeness (QED) is 0.686. The second-order valence-electron chi connectivity index (χ2n) is 1.75. The van der Waals surface area contributed by atoms with Gasteiger partial charge >= 0.3 is 60.7 Å². The van der Waals surface area contributed by atoms with Crippen LogP contribution in [-0.4, -0.2) is 39.3 Å². The zero-order valence-corrected chi connectivity index (χ0v) is 8.35. The molecule has 0 fully saturated rings. The van der Waals surface area contributed by atoms with Crippen LogP contribution in [0, 0.1) is 0 Å². The van der Waals surface area contributed by atoms with Crippen LogP contribution in [0.5, 0.6) is 0 Å². The van der Waals surface area contributed by atoms with Crippen LogP contribution in [0.1, 0.15) is 13.3 Å². The first-order valence-electron chi connectivity index (χ1n) is 2.96. The first-order valence-corrected chi connectivity index (χ1v) is 6.51. The van der Waals surface area contributed by atoms with E-state index >= 15 is 0 Å². The molecular formula is C5H10InNO. The Morgan fingerprint density at radius 1 is 2.00 bits per heavy atom. The standard InChI is InChI=1S/C5H10NO.In/c1-3-5(6)7-4-2;/h1,5-6H,3-4H2,2H3;/q-1;+1. The van der Waals surface area contributed by atoms with E-state index in [1.165, 1.54) is 0 Å². The summed E-state index contributed by atoms with van der Waals surface area (Å²) < 4.78 is 11.1. The number of ether oxygens (including phenoxy) is 1. The van der Waals surface area contributed by atoms with Crippen molar-refractivity contribution in [2.24, 2.45) is 0 Å². The number of nitrogens with one attached hydrogen (secondary N) is 1. The monoisotopic (exact) mass is 215 g/mol. The van der Waals surface area contributed by atoms with E-state index in [9.17, 15) is 0 Å². The first-order chi connectivity index (χ1) is 3.93. The Balaban J connectivity index is 2.10. The molecule has 0 spiro atoms. The summed E-state index contributed by atoms with van der Waals surface area (Å²) in [6.45, 7) is 2.88.